The maximum atomic E-state index is 11.9. The summed E-state index contributed by atoms with van der Waals surface area (Å²) in [5.74, 6) is -0.838. The number of hydrogen-bond donors (Lipinski definition) is 3. The summed E-state index contributed by atoms with van der Waals surface area (Å²) in [6, 6.07) is 5.16. The van der Waals surface area contributed by atoms with Crippen LogP contribution in [0.1, 0.15) is 45.1 Å². The van der Waals surface area contributed by atoms with Crippen molar-refractivity contribution in [3.05, 3.63) is 29.8 Å². The molecule has 0 amide bonds. The first kappa shape index (κ1) is 23.3. The molecule has 0 radical (unpaired) electrons. The monoisotopic (exact) mass is 470 g/mol. The predicted octanol–water partition coefficient (Wildman–Crippen LogP) is 2.98. The molecule has 1 heterocycles. The minimum atomic E-state index is -4.76. The van der Waals surface area contributed by atoms with Crippen molar-refractivity contribution in [1.82, 2.24) is 0 Å². The molecule has 2 aromatic rings. The number of hydrogen-bond acceptors (Lipinski definition) is 5. The van der Waals surface area contributed by atoms with E-state index in [1.54, 1.807) is 6.07 Å². The molecule has 3 rings (SSSR count). The molecule has 0 unspecified atom stereocenters. The van der Waals surface area contributed by atoms with Crippen LogP contribution in [0.4, 0.5) is 5.69 Å². The second kappa shape index (κ2) is 7.97. The number of fused-ring (bicyclic) bond motifs is 3. The highest BCUT2D eigenvalue weighted by Gasteiger charge is 2.39. The molecular weight excluding hydrogens is 446 g/mol. The van der Waals surface area contributed by atoms with Crippen molar-refractivity contribution >= 4 is 48.9 Å². The van der Waals surface area contributed by atoms with Gasteiger partial charge in [-0.3, -0.25) is 13.9 Å². The van der Waals surface area contributed by atoms with Gasteiger partial charge in [-0.25, -0.2) is 4.58 Å². The van der Waals surface area contributed by atoms with Crippen LogP contribution < -0.4 is 0 Å². The van der Waals surface area contributed by atoms with Gasteiger partial charge in [0.15, 0.2) is 6.21 Å². The fourth-order valence-corrected chi connectivity index (χ4v) is 5.43. The van der Waals surface area contributed by atoms with E-state index >= 15 is 0 Å². The van der Waals surface area contributed by atoms with E-state index in [9.17, 15) is 30.7 Å². The fourth-order valence-electron chi connectivity index (χ4n) is 4.09. The highest BCUT2D eigenvalue weighted by atomic mass is 32.2. The van der Waals surface area contributed by atoms with Crippen LogP contribution in [0.5, 0.6) is 0 Å². The van der Waals surface area contributed by atoms with E-state index in [2.05, 4.69) is 0 Å². The zero-order chi connectivity index (χ0) is 23.2. The Kier molecular flexibility index (Phi) is 6.00. The summed E-state index contributed by atoms with van der Waals surface area (Å²) in [5.41, 5.74) is 0.833. The normalized spacial score (nSPS) is 15.7. The van der Waals surface area contributed by atoms with Gasteiger partial charge in [-0.1, -0.05) is 0 Å². The van der Waals surface area contributed by atoms with Crippen molar-refractivity contribution in [2.75, 3.05) is 6.54 Å². The van der Waals surface area contributed by atoms with Crippen LogP contribution in [0, 0.1) is 0 Å². The highest BCUT2D eigenvalue weighted by molar-refractivity contribution is 7.86. The zero-order valence-electron chi connectivity index (χ0n) is 17.1. The third-order valence-electron chi connectivity index (χ3n) is 5.35. The second-order valence-electron chi connectivity index (χ2n) is 8.17. The van der Waals surface area contributed by atoms with Crippen molar-refractivity contribution in [3.8, 4) is 0 Å². The number of carboxylic acids is 1. The number of rotatable bonds is 8. The van der Waals surface area contributed by atoms with E-state index in [1.165, 1.54) is 12.1 Å². The molecule has 0 atom stereocenters. The van der Waals surface area contributed by atoms with Crippen LogP contribution in [-0.4, -0.2) is 54.4 Å². The van der Waals surface area contributed by atoms with Gasteiger partial charge >= 0.3 is 5.97 Å². The van der Waals surface area contributed by atoms with Crippen LogP contribution in [-0.2, 0) is 30.4 Å². The van der Waals surface area contributed by atoms with Gasteiger partial charge in [0.05, 0.1) is 10.3 Å². The number of unbranched alkanes of at least 4 members (excludes halogenated alkanes) is 2. The molecule has 9 nitrogen and oxygen atoms in total. The molecule has 0 fully saturated rings. The summed E-state index contributed by atoms with van der Waals surface area (Å²) in [4.78, 5) is 9.43. The van der Waals surface area contributed by atoms with E-state index < -0.39 is 41.4 Å². The van der Waals surface area contributed by atoms with Gasteiger partial charge in [0.25, 0.3) is 20.2 Å². The van der Waals surface area contributed by atoms with Crippen LogP contribution >= 0.6 is 0 Å². The Morgan fingerprint density at radius 1 is 0.968 bits per heavy atom. The van der Waals surface area contributed by atoms with Crippen molar-refractivity contribution < 1.29 is 40.4 Å². The minimum Gasteiger partial charge on any atom is -0.481 e. The summed E-state index contributed by atoms with van der Waals surface area (Å²) < 4.78 is 68.5. The molecule has 0 bridgehead atoms. The molecule has 2 aromatic carbocycles. The standard InChI is InChI=1S/C20H23NO8S2/c1-20(2)12-21(9-5-3-4-6-18(22)23)16-8-7-14-15(19(16)20)10-13(30(24,25)26)11-17(14)31(27,28)29/h7-8,10-12H,3-6,9H2,1-2H3,(H2-,22,23,24,25,26,27,28,29)/p+1. The number of benzene rings is 2. The molecule has 1 aliphatic heterocycles. The Hall–Kier alpha value is -2.34. The third kappa shape index (κ3) is 4.79. The summed E-state index contributed by atoms with van der Waals surface area (Å²) in [7, 11) is -9.48. The molecule has 0 saturated carbocycles. The largest absolute Gasteiger partial charge is 0.481 e. The van der Waals surface area contributed by atoms with Gasteiger partial charge < -0.3 is 5.11 Å². The quantitative estimate of drug-likeness (QED) is 0.303. The highest BCUT2D eigenvalue weighted by Crippen LogP contribution is 2.43. The van der Waals surface area contributed by atoms with E-state index in [1.807, 2.05) is 24.6 Å². The lowest BCUT2D eigenvalue weighted by molar-refractivity contribution is -0.434. The summed E-state index contributed by atoms with van der Waals surface area (Å²) in [6.07, 6.45) is 4.07. The first-order valence-electron chi connectivity index (χ1n) is 9.62. The van der Waals surface area contributed by atoms with Gasteiger partial charge in [0, 0.05) is 29.9 Å². The summed E-state index contributed by atoms with van der Waals surface area (Å²) in [5, 5.41) is 9.20. The molecule has 31 heavy (non-hydrogen) atoms. The maximum absolute atomic E-state index is 11.9. The maximum Gasteiger partial charge on any atom is 0.303 e. The lowest BCUT2D eigenvalue weighted by Crippen LogP contribution is -2.18. The Labute approximate surface area is 180 Å². The van der Waals surface area contributed by atoms with Crippen LogP contribution in [0.15, 0.2) is 34.1 Å². The summed E-state index contributed by atoms with van der Waals surface area (Å²) in [6.45, 7) is 4.39. The van der Waals surface area contributed by atoms with Crippen molar-refractivity contribution in [3.63, 3.8) is 0 Å². The molecule has 11 heteroatoms. The van der Waals surface area contributed by atoms with Crippen molar-refractivity contribution in [1.29, 1.82) is 0 Å². The molecule has 0 spiro atoms. The van der Waals surface area contributed by atoms with Crippen molar-refractivity contribution in [2.45, 2.75) is 54.7 Å². The van der Waals surface area contributed by atoms with Gasteiger partial charge in [-0.05, 0) is 50.3 Å². The Bertz CT molecular complexity index is 1310. The van der Waals surface area contributed by atoms with Gasteiger partial charge in [-0.2, -0.15) is 16.8 Å². The fraction of sp³-hybridized carbons (Fsp3) is 0.400. The first-order valence-corrected chi connectivity index (χ1v) is 12.5. The molecule has 168 valence electrons. The van der Waals surface area contributed by atoms with Gasteiger partial charge in [0.1, 0.15) is 11.4 Å². The number of carboxylic acid groups (broad SMARTS) is 1. The van der Waals surface area contributed by atoms with Gasteiger partial charge in [-0.15, -0.1) is 0 Å². The number of carbonyl (C=O) groups is 1. The average molecular weight is 471 g/mol. The molecule has 0 aliphatic carbocycles. The zero-order valence-corrected chi connectivity index (χ0v) is 18.7. The van der Waals surface area contributed by atoms with E-state index in [0.29, 0.717) is 23.9 Å². The molecular formula is C20H24NO8S2+. The molecule has 3 N–H and O–H groups in total. The third-order valence-corrected chi connectivity index (χ3v) is 7.07. The topological polar surface area (TPSA) is 149 Å². The summed E-state index contributed by atoms with van der Waals surface area (Å²) >= 11 is 0. The Balaban J connectivity index is 2.12. The van der Waals surface area contributed by atoms with E-state index in [0.717, 1.165) is 24.6 Å². The van der Waals surface area contributed by atoms with Crippen LogP contribution in [0.25, 0.3) is 10.8 Å². The average Bonchev–Trinajstić information content (AvgIpc) is 2.89. The van der Waals surface area contributed by atoms with Crippen molar-refractivity contribution in [2.24, 2.45) is 0 Å². The Morgan fingerprint density at radius 2 is 1.65 bits per heavy atom. The van der Waals surface area contributed by atoms with Gasteiger partial charge in [0.2, 0.25) is 5.69 Å². The van der Waals surface area contributed by atoms with E-state index in [-0.39, 0.29) is 11.8 Å². The number of nitrogens with zero attached hydrogens (tertiary/aromatic N) is 1. The molecule has 0 aromatic heterocycles. The SMILES string of the molecule is CC1(C)C=[N+](CCCCCC(=O)O)c2ccc3c(S(=O)(=O)O)cc(S(=O)(=O)O)cc3c21. The lowest BCUT2D eigenvalue weighted by atomic mass is 9.84. The predicted molar refractivity (Wildman–Crippen MR) is 114 cm³/mol. The lowest BCUT2D eigenvalue weighted by Gasteiger charge is -2.16. The van der Waals surface area contributed by atoms with Crippen LogP contribution in [0.3, 0.4) is 0 Å². The van der Waals surface area contributed by atoms with E-state index in [4.69, 9.17) is 5.11 Å². The minimum absolute atomic E-state index is 0.104. The molecule has 0 saturated heterocycles. The Morgan fingerprint density at radius 3 is 2.23 bits per heavy atom. The number of aliphatic carboxylic acids is 1. The smallest absolute Gasteiger partial charge is 0.303 e. The van der Waals surface area contributed by atoms with Crippen LogP contribution in [0.2, 0.25) is 0 Å². The second-order valence-corrected chi connectivity index (χ2v) is 11.0. The first-order chi connectivity index (χ1) is 14.2. The molecule has 1 aliphatic rings.